The van der Waals surface area contributed by atoms with Gasteiger partial charge in [-0.3, -0.25) is 9.59 Å². The van der Waals surface area contributed by atoms with Gasteiger partial charge in [0.25, 0.3) is 0 Å². The maximum absolute atomic E-state index is 11.4. The summed E-state index contributed by atoms with van der Waals surface area (Å²) in [5.41, 5.74) is 3.45. The Kier molecular flexibility index (Phi) is 7.26. The van der Waals surface area contributed by atoms with Crippen molar-refractivity contribution < 1.29 is 14.3 Å². The Morgan fingerprint density at radius 2 is 1.85 bits per heavy atom. The predicted octanol–water partition coefficient (Wildman–Crippen LogP) is 3.42. The number of nitrogens with zero attached hydrogens (tertiary/aromatic N) is 1. The number of ether oxygens (including phenoxy) is 1. The van der Waals surface area contributed by atoms with Gasteiger partial charge in [-0.05, 0) is 35.9 Å². The first kappa shape index (κ1) is 20.0. The molecule has 0 aliphatic carbocycles. The van der Waals surface area contributed by atoms with Crippen LogP contribution in [-0.4, -0.2) is 25.1 Å². The Hall–Kier alpha value is -2.28. The van der Waals surface area contributed by atoms with E-state index >= 15 is 0 Å². The summed E-state index contributed by atoms with van der Waals surface area (Å²) in [5, 5.41) is 7.28. The van der Waals surface area contributed by atoms with Gasteiger partial charge in [-0.15, -0.1) is 0 Å². The van der Waals surface area contributed by atoms with Crippen molar-refractivity contribution in [1.29, 1.82) is 0 Å². The second kappa shape index (κ2) is 9.43. The molecule has 0 fully saturated rings. The Balaban J connectivity index is 2.10. The maximum Gasteiger partial charge on any atom is 0.329 e. The molecule has 0 aliphatic rings. The molecule has 0 unspecified atom stereocenters. The molecular formula is C17H14Cl3N3O3. The van der Waals surface area contributed by atoms with E-state index in [9.17, 15) is 9.59 Å². The zero-order chi connectivity index (χ0) is 19.1. The van der Waals surface area contributed by atoms with Crippen LogP contribution in [0.5, 0.6) is 5.75 Å². The summed E-state index contributed by atoms with van der Waals surface area (Å²) in [6.07, 6.45) is 1.33. The second-order valence-electron chi connectivity index (χ2n) is 5.00. The zero-order valence-corrected chi connectivity index (χ0v) is 15.8. The third kappa shape index (κ3) is 5.62. The van der Waals surface area contributed by atoms with Gasteiger partial charge in [-0.1, -0.05) is 40.9 Å². The minimum atomic E-state index is -0.885. The van der Waals surface area contributed by atoms with E-state index in [-0.39, 0.29) is 6.61 Å². The molecule has 2 rings (SSSR count). The number of halogens is 3. The fourth-order valence-electron chi connectivity index (χ4n) is 1.87. The van der Waals surface area contributed by atoms with Crippen molar-refractivity contribution in [2.45, 2.75) is 6.61 Å². The molecule has 6 nitrogen and oxygen atoms in total. The average Bonchev–Trinajstić information content (AvgIpc) is 2.63. The molecule has 0 bridgehead atoms. The molecule has 0 saturated carbocycles. The van der Waals surface area contributed by atoms with E-state index in [0.717, 1.165) is 5.56 Å². The van der Waals surface area contributed by atoms with Crippen LogP contribution in [-0.2, 0) is 16.2 Å². The smallest absolute Gasteiger partial charge is 0.329 e. The number of nitrogens with one attached hydrogen (secondary N) is 2. The topological polar surface area (TPSA) is 79.8 Å². The van der Waals surface area contributed by atoms with Gasteiger partial charge in [-0.2, -0.15) is 5.10 Å². The quantitative estimate of drug-likeness (QED) is 0.447. The molecule has 0 heterocycles. The van der Waals surface area contributed by atoms with Gasteiger partial charge < -0.3 is 10.1 Å². The van der Waals surface area contributed by atoms with Crippen molar-refractivity contribution >= 4 is 52.8 Å². The monoisotopic (exact) mass is 413 g/mol. The summed E-state index contributed by atoms with van der Waals surface area (Å²) < 4.78 is 5.76. The van der Waals surface area contributed by atoms with Crippen molar-refractivity contribution in [3.05, 3.63) is 62.6 Å². The molecule has 2 amide bonds. The van der Waals surface area contributed by atoms with Crippen LogP contribution in [0, 0.1) is 0 Å². The van der Waals surface area contributed by atoms with Gasteiger partial charge in [0.1, 0.15) is 12.4 Å². The van der Waals surface area contributed by atoms with Crippen LogP contribution in [0.3, 0.4) is 0 Å². The first-order chi connectivity index (χ1) is 12.4. The van der Waals surface area contributed by atoms with Crippen molar-refractivity contribution in [3.8, 4) is 5.75 Å². The van der Waals surface area contributed by atoms with Gasteiger partial charge in [0.15, 0.2) is 0 Å². The predicted molar refractivity (Wildman–Crippen MR) is 102 cm³/mol. The Labute approximate surface area is 165 Å². The Bertz CT molecular complexity index is 856. The third-order valence-corrected chi connectivity index (χ3v) is 4.13. The highest BCUT2D eigenvalue weighted by Crippen LogP contribution is 2.25. The van der Waals surface area contributed by atoms with Gasteiger partial charge in [-0.25, -0.2) is 5.43 Å². The van der Waals surface area contributed by atoms with Crippen molar-refractivity contribution in [3.63, 3.8) is 0 Å². The van der Waals surface area contributed by atoms with Crippen molar-refractivity contribution in [1.82, 2.24) is 10.7 Å². The largest absolute Gasteiger partial charge is 0.488 e. The molecule has 0 radical (unpaired) electrons. The molecule has 2 aromatic rings. The molecule has 0 atom stereocenters. The van der Waals surface area contributed by atoms with Crippen LogP contribution in [0.2, 0.25) is 15.1 Å². The standard InChI is InChI=1S/C17H14Cl3N3O3/c1-21-16(24)17(25)23-22-8-11-7-12(18)3-5-15(11)26-9-10-2-4-13(19)14(20)6-10/h2-8H,9H2,1H3,(H,21,24)(H,23,25)/b22-8-. The lowest BCUT2D eigenvalue weighted by atomic mass is 10.2. The first-order valence-electron chi connectivity index (χ1n) is 7.32. The summed E-state index contributed by atoms with van der Waals surface area (Å²) in [4.78, 5) is 22.5. The minimum Gasteiger partial charge on any atom is -0.488 e. The lowest BCUT2D eigenvalue weighted by molar-refractivity contribution is -0.138. The molecule has 26 heavy (non-hydrogen) atoms. The number of carbonyl (C=O) groups is 2. The maximum atomic E-state index is 11.4. The molecule has 136 valence electrons. The van der Waals surface area contributed by atoms with Crippen LogP contribution in [0.15, 0.2) is 41.5 Å². The van der Waals surface area contributed by atoms with E-state index in [1.54, 1.807) is 36.4 Å². The summed E-state index contributed by atoms with van der Waals surface area (Å²) in [6, 6.07) is 10.1. The third-order valence-electron chi connectivity index (χ3n) is 3.15. The van der Waals surface area contributed by atoms with Crippen LogP contribution in [0.1, 0.15) is 11.1 Å². The van der Waals surface area contributed by atoms with Gasteiger partial charge in [0, 0.05) is 17.6 Å². The van der Waals surface area contributed by atoms with Gasteiger partial charge >= 0.3 is 11.8 Å². The van der Waals surface area contributed by atoms with Crippen molar-refractivity contribution in [2.24, 2.45) is 5.10 Å². The fraction of sp³-hybridized carbons (Fsp3) is 0.118. The molecular weight excluding hydrogens is 401 g/mol. The lowest BCUT2D eigenvalue weighted by Crippen LogP contribution is -2.35. The number of benzene rings is 2. The number of carbonyl (C=O) groups excluding carboxylic acids is 2. The Morgan fingerprint density at radius 1 is 1.08 bits per heavy atom. The normalized spacial score (nSPS) is 10.6. The van der Waals surface area contributed by atoms with Gasteiger partial charge in [0.05, 0.1) is 16.3 Å². The van der Waals surface area contributed by atoms with Crippen LogP contribution in [0.25, 0.3) is 0 Å². The second-order valence-corrected chi connectivity index (χ2v) is 6.25. The van der Waals surface area contributed by atoms with E-state index in [4.69, 9.17) is 39.5 Å². The molecule has 0 aliphatic heterocycles. The highest BCUT2D eigenvalue weighted by Gasteiger charge is 2.09. The minimum absolute atomic E-state index is 0.240. The number of hydrazone groups is 1. The number of amides is 2. The Morgan fingerprint density at radius 3 is 2.54 bits per heavy atom. The first-order valence-corrected chi connectivity index (χ1v) is 8.45. The highest BCUT2D eigenvalue weighted by molar-refractivity contribution is 6.42. The average molecular weight is 415 g/mol. The molecule has 0 aromatic heterocycles. The van der Waals surface area contributed by atoms with Crippen molar-refractivity contribution in [2.75, 3.05) is 7.05 Å². The number of hydrogen-bond donors (Lipinski definition) is 2. The SMILES string of the molecule is CNC(=O)C(=O)N/N=C\c1cc(Cl)ccc1OCc1ccc(Cl)c(Cl)c1. The highest BCUT2D eigenvalue weighted by atomic mass is 35.5. The van der Waals surface area contributed by atoms with Crippen LogP contribution >= 0.6 is 34.8 Å². The summed E-state index contributed by atoms with van der Waals surface area (Å²) >= 11 is 17.9. The number of hydrogen-bond acceptors (Lipinski definition) is 4. The summed E-state index contributed by atoms with van der Waals surface area (Å²) in [6.45, 7) is 0.240. The van der Waals surface area contributed by atoms with E-state index in [1.807, 2.05) is 0 Å². The number of rotatable bonds is 5. The zero-order valence-electron chi connectivity index (χ0n) is 13.6. The summed E-state index contributed by atoms with van der Waals surface area (Å²) in [5.74, 6) is -1.20. The lowest BCUT2D eigenvalue weighted by Gasteiger charge is -2.10. The van der Waals surface area contributed by atoms with E-state index in [1.165, 1.54) is 13.3 Å². The van der Waals surface area contributed by atoms with Crippen LogP contribution < -0.4 is 15.5 Å². The number of likely N-dealkylation sites (N-methyl/N-ethyl adjacent to an activating group) is 1. The molecule has 9 heteroatoms. The molecule has 2 N–H and O–H groups in total. The fourth-order valence-corrected chi connectivity index (χ4v) is 2.37. The molecule has 2 aromatic carbocycles. The van der Waals surface area contributed by atoms with E-state index < -0.39 is 11.8 Å². The van der Waals surface area contributed by atoms with E-state index in [2.05, 4.69) is 15.8 Å². The molecule has 0 saturated heterocycles. The van der Waals surface area contributed by atoms with E-state index in [0.29, 0.717) is 26.4 Å². The molecule has 0 spiro atoms. The summed E-state index contributed by atoms with van der Waals surface area (Å²) in [7, 11) is 1.34. The van der Waals surface area contributed by atoms with Gasteiger partial charge in [0.2, 0.25) is 0 Å². The van der Waals surface area contributed by atoms with Crippen LogP contribution in [0.4, 0.5) is 0 Å².